The fourth-order valence-corrected chi connectivity index (χ4v) is 3.28. The van der Waals surface area contributed by atoms with Crippen molar-refractivity contribution < 1.29 is 14.3 Å². The van der Waals surface area contributed by atoms with Crippen LogP contribution in [0.3, 0.4) is 0 Å². The van der Waals surface area contributed by atoms with Gasteiger partial charge in [0.15, 0.2) is 0 Å². The van der Waals surface area contributed by atoms with Gasteiger partial charge in [-0.1, -0.05) is 0 Å². The molecule has 1 aliphatic rings. The van der Waals surface area contributed by atoms with Crippen LogP contribution in [0.25, 0.3) is 0 Å². The van der Waals surface area contributed by atoms with E-state index in [9.17, 15) is 9.59 Å². The fourth-order valence-electron chi connectivity index (χ4n) is 2.23. The molecule has 0 unspecified atom stereocenters. The number of amides is 2. The molecule has 0 bridgehead atoms. The molecule has 1 aliphatic heterocycles. The van der Waals surface area contributed by atoms with Gasteiger partial charge in [-0.3, -0.25) is 14.5 Å². The third-order valence-corrected chi connectivity index (χ3v) is 4.07. The lowest BCUT2D eigenvalue weighted by atomic mass is 10.1. The van der Waals surface area contributed by atoms with Crippen LogP contribution in [-0.4, -0.2) is 36.5 Å². The highest BCUT2D eigenvalue weighted by atomic mass is 32.1. The predicted octanol–water partition coefficient (Wildman–Crippen LogP) is 2.39. The van der Waals surface area contributed by atoms with Crippen LogP contribution in [0, 0.1) is 13.8 Å². The number of nitrogens with zero attached hydrogens (tertiary/aromatic N) is 1. The Hall–Kier alpha value is -1.20. The molecule has 0 fully saturated rings. The first-order valence-electron chi connectivity index (χ1n) is 6.11. The van der Waals surface area contributed by atoms with E-state index in [4.69, 9.17) is 4.74 Å². The Morgan fingerprint density at radius 1 is 1.11 bits per heavy atom. The highest BCUT2D eigenvalue weighted by Gasteiger charge is 2.39. The maximum atomic E-state index is 12.2. The molecule has 1 aromatic rings. The Balaban J connectivity index is 2.11. The van der Waals surface area contributed by atoms with Crippen LogP contribution in [0.2, 0.25) is 0 Å². The number of thiophene rings is 1. The largest absolute Gasteiger partial charge is 0.382 e. The van der Waals surface area contributed by atoms with Gasteiger partial charge in [-0.05, 0) is 27.2 Å². The SMILES string of the molecule is CCOCCCN1C(=O)c2c(C)sc(C)c2C1=O. The molecule has 0 aromatic carbocycles. The van der Waals surface area contributed by atoms with Gasteiger partial charge in [0.1, 0.15) is 0 Å². The number of aryl methyl sites for hydroxylation is 2. The normalized spacial score (nSPS) is 14.5. The molecule has 0 aliphatic carbocycles. The molecule has 0 saturated carbocycles. The van der Waals surface area contributed by atoms with Crippen LogP contribution in [0.5, 0.6) is 0 Å². The quantitative estimate of drug-likeness (QED) is 0.608. The lowest BCUT2D eigenvalue weighted by Gasteiger charge is -2.14. The lowest BCUT2D eigenvalue weighted by Crippen LogP contribution is -2.31. The van der Waals surface area contributed by atoms with Gasteiger partial charge in [-0.2, -0.15) is 0 Å². The summed E-state index contributed by atoms with van der Waals surface area (Å²) >= 11 is 1.52. The van der Waals surface area contributed by atoms with Crippen LogP contribution in [0.4, 0.5) is 0 Å². The number of hydrogen-bond donors (Lipinski definition) is 0. The summed E-state index contributed by atoms with van der Waals surface area (Å²) in [5.41, 5.74) is 1.22. The molecular weight excluding hydrogens is 250 g/mol. The van der Waals surface area contributed by atoms with E-state index < -0.39 is 0 Å². The molecule has 5 heteroatoms. The summed E-state index contributed by atoms with van der Waals surface area (Å²) in [5, 5.41) is 0. The van der Waals surface area contributed by atoms with Gasteiger partial charge in [-0.15, -0.1) is 11.3 Å². The minimum Gasteiger partial charge on any atom is -0.382 e. The smallest absolute Gasteiger partial charge is 0.262 e. The van der Waals surface area contributed by atoms with Crippen molar-refractivity contribution in [2.75, 3.05) is 19.8 Å². The minimum atomic E-state index is -0.145. The van der Waals surface area contributed by atoms with Gasteiger partial charge >= 0.3 is 0 Å². The molecule has 2 rings (SSSR count). The first-order chi connectivity index (χ1) is 8.57. The molecule has 0 N–H and O–H groups in total. The Kier molecular flexibility index (Phi) is 3.82. The summed E-state index contributed by atoms with van der Waals surface area (Å²) in [4.78, 5) is 27.6. The molecular formula is C13H17NO3S. The maximum absolute atomic E-state index is 12.2. The third kappa shape index (κ3) is 2.08. The number of ether oxygens (including phenoxy) is 1. The Bertz CT molecular complexity index is 456. The third-order valence-electron chi connectivity index (χ3n) is 3.05. The first-order valence-corrected chi connectivity index (χ1v) is 6.93. The highest BCUT2D eigenvalue weighted by Crippen LogP contribution is 2.34. The standard InChI is InChI=1S/C13H17NO3S/c1-4-17-7-5-6-14-12(15)10-8(2)18-9(3)11(10)13(14)16/h4-7H2,1-3H3. The zero-order valence-electron chi connectivity index (χ0n) is 10.9. The minimum absolute atomic E-state index is 0.145. The molecule has 1 aromatic heterocycles. The summed E-state index contributed by atoms with van der Waals surface area (Å²) in [6.45, 7) is 7.40. The zero-order chi connectivity index (χ0) is 13.3. The molecule has 2 heterocycles. The van der Waals surface area contributed by atoms with E-state index in [0.717, 1.165) is 9.75 Å². The zero-order valence-corrected chi connectivity index (χ0v) is 11.7. The summed E-state index contributed by atoms with van der Waals surface area (Å²) in [6.07, 6.45) is 0.692. The first kappa shape index (κ1) is 13.2. The van der Waals surface area contributed by atoms with Crippen LogP contribution in [0.1, 0.15) is 43.8 Å². The fraction of sp³-hybridized carbons (Fsp3) is 0.538. The highest BCUT2D eigenvalue weighted by molar-refractivity contribution is 7.12. The average molecular weight is 267 g/mol. The number of imide groups is 1. The summed E-state index contributed by atoms with van der Waals surface area (Å²) in [5.74, 6) is -0.290. The van der Waals surface area contributed by atoms with Gasteiger partial charge in [-0.25, -0.2) is 0 Å². The number of fused-ring (bicyclic) bond motifs is 1. The van der Waals surface area contributed by atoms with Gasteiger partial charge in [0, 0.05) is 29.5 Å². The van der Waals surface area contributed by atoms with E-state index in [0.29, 0.717) is 37.3 Å². The second-order valence-corrected chi connectivity index (χ2v) is 5.71. The van der Waals surface area contributed by atoms with Gasteiger partial charge in [0.25, 0.3) is 11.8 Å². The van der Waals surface area contributed by atoms with E-state index in [-0.39, 0.29) is 11.8 Å². The molecule has 98 valence electrons. The van der Waals surface area contributed by atoms with Crippen molar-refractivity contribution in [3.63, 3.8) is 0 Å². The topological polar surface area (TPSA) is 46.6 Å². The van der Waals surface area contributed by atoms with E-state index in [1.807, 2.05) is 20.8 Å². The van der Waals surface area contributed by atoms with E-state index in [1.165, 1.54) is 16.2 Å². The second-order valence-electron chi connectivity index (χ2n) is 4.28. The molecule has 2 amide bonds. The Morgan fingerprint density at radius 2 is 1.67 bits per heavy atom. The lowest BCUT2D eigenvalue weighted by molar-refractivity contribution is 0.0630. The monoisotopic (exact) mass is 267 g/mol. The van der Waals surface area contributed by atoms with E-state index >= 15 is 0 Å². The van der Waals surface area contributed by atoms with Crippen molar-refractivity contribution in [1.29, 1.82) is 0 Å². The molecule has 18 heavy (non-hydrogen) atoms. The van der Waals surface area contributed by atoms with Crippen LogP contribution >= 0.6 is 11.3 Å². The summed E-state index contributed by atoms with van der Waals surface area (Å²) in [7, 11) is 0. The number of hydrogen-bond acceptors (Lipinski definition) is 4. The summed E-state index contributed by atoms with van der Waals surface area (Å²) < 4.78 is 5.22. The van der Waals surface area contributed by atoms with Gasteiger partial charge in [0.2, 0.25) is 0 Å². The Labute approximate surface area is 111 Å². The van der Waals surface area contributed by atoms with Gasteiger partial charge < -0.3 is 4.74 Å². The second kappa shape index (κ2) is 5.20. The molecule has 4 nitrogen and oxygen atoms in total. The number of carbonyl (C=O) groups excluding carboxylic acids is 2. The average Bonchev–Trinajstić information content (AvgIpc) is 2.75. The van der Waals surface area contributed by atoms with E-state index in [2.05, 4.69) is 0 Å². The molecule has 0 spiro atoms. The van der Waals surface area contributed by atoms with E-state index in [1.54, 1.807) is 0 Å². The van der Waals surface area contributed by atoms with Crippen molar-refractivity contribution in [2.45, 2.75) is 27.2 Å². The van der Waals surface area contributed by atoms with Crippen molar-refractivity contribution in [3.8, 4) is 0 Å². The number of carbonyl (C=O) groups is 2. The van der Waals surface area contributed by atoms with Crippen molar-refractivity contribution in [1.82, 2.24) is 4.90 Å². The predicted molar refractivity (Wildman–Crippen MR) is 70.3 cm³/mol. The molecule has 0 radical (unpaired) electrons. The molecule has 0 saturated heterocycles. The Morgan fingerprint density at radius 3 is 2.17 bits per heavy atom. The maximum Gasteiger partial charge on any atom is 0.262 e. The van der Waals surface area contributed by atoms with Gasteiger partial charge in [0.05, 0.1) is 11.1 Å². The van der Waals surface area contributed by atoms with Crippen LogP contribution in [0.15, 0.2) is 0 Å². The van der Waals surface area contributed by atoms with Crippen LogP contribution < -0.4 is 0 Å². The van der Waals surface area contributed by atoms with Crippen molar-refractivity contribution in [2.24, 2.45) is 0 Å². The van der Waals surface area contributed by atoms with Crippen LogP contribution in [-0.2, 0) is 4.74 Å². The van der Waals surface area contributed by atoms with Crippen molar-refractivity contribution in [3.05, 3.63) is 20.9 Å². The summed E-state index contributed by atoms with van der Waals surface area (Å²) in [6, 6.07) is 0. The van der Waals surface area contributed by atoms with Crippen molar-refractivity contribution >= 4 is 23.2 Å². The molecule has 0 atom stereocenters. The number of rotatable bonds is 5.